The van der Waals surface area contributed by atoms with Crippen LogP contribution < -0.4 is 14.2 Å². The number of phenolic OH excluding ortho intramolecular Hbond substituents is 1. The van der Waals surface area contributed by atoms with Gasteiger partial charge < -0.3 is 68.6 Å². The molecule has 5 rings (SSSR count). The van der Waals surface area contributed by atoms with Crippen molar-refractivity contribution in [3.63, 3.8) is 0 Å². The lowest BCUT2D eigenvalue weighted by molar-refractivity contribution is -0.318. The Balaban J connectivity index is 1.34. The minimum Gasteiger partial charge on any atom is -0.502 e. The number of furan rings is 1. The van der Waals surface area contributed by atoms with E-state index in [1.807, 2.05) is 0 Å². The SMILES string of the molecule is COc1cc2c(oc3cc(O[C@@H]4O[C@H](CO[C@@H]5O[C@@H](C)[C@H](O)[C@@H](O)[C@H]5O)[C@@H](O)[C@H](O)[C@H]4O)ccc32)c(OC)c1O. The van der Waals surface area contributed by atoms with Crippen LogP contribution in [0, 0.1) is 0 Å². The van der Waals surface area contributed by atoms with Crippen LogP contribution in [0.2, 0.25) is 0 Å². The van der Waals surface area contributed by atoms with Crippen molar-refractivity contribution in [2.24, 2.45) is 0 Å². The lowest BCUT2D eigenvalue weighted by Crippen LogP contribution is -2.61. The Bertz CT molecular complexity index is 1340. The van der Waals surface area contributed by atoms with Crippen LogP contribution >= 0.6 is 0 Å². The summed E-state index contributed by atoms with van der Waals surface area (Å²) in [5.74, 6) is 0.241. The van der Waals surface area contributed by atoms with Crippen LogP contribution in [0.1, 0.15) is 6.92 Å². The van der Waals surface area contributed by atoms with E-state index >= 15 is 0 Å². The smallest absolute Gasteiger partial charge is 0.229 e. The van der Waals surface area contributed by atoms with Crippen molar-refractivity contribution in [3.05, 3.63) is 24.3 Å². The van der Waals surface area contributed by atoms with Gasteiger partial charge in [0.1, 0.15) is 54.1 Å². The molecule has 0 amide bonds. The third-order valence-electron chi connectivity index (χ3n) is 7.21. The summed E-state index contributed by atoms with van der Waals surface area (Å²) in [5, 5.41) is 73.0. The van der Waals surface area contributed by atoms with E-state index < -0.39 is 68.0 Å². The summed E-state index contributed by atoms with van der Waals surface area (Å²) >= 11 is 0. The minimum atomic E-state index is -1.68. The van der Waals surface area contributed by atoms with Gasteiger partial charge >= 0.3 is 0 Å². The first-order chi connectivity index (χ1) is 19.0. The first-order valence-corrected chi connectivity index (χ1v) is 12.5. The third-order valence-corrected chi connectivity index (χ3v) is 7.21. The molecule has 0 spiro atoms. The number of aromatic hydroxyl groups is 1. The number of aliphatic hydroxyl groups is 6. The highest BCUT2D eigenvalue weighted by Crippen LogP contribution is 2.46. The van der Waals surface area contributed by atoms with Gasteiger partial charge in [0.05, 0.1) is 26.9 Å². The van der Waals surface area contributed by atoms with Gasteiger partial charge in [0.25, 0.3) is 0 Å². The standard InChI is InChI=1S/C26H32O14/c1-9-16(27)19(30)21(32)25(37-9)36-8-15-17(28)20(31)22(33)26(40-15)38-10-4-5-11-12-7-14(34-2)18(29)24(35-3)23(12)39-13(11)6-10/h4-7,9,15-17,19-22,25-33H,8H2,1-3H3/t9-,15+,16-,17+,19+,20-,21+,22+,25+,26+/m0/s1. The molecular weight excluding hydrogens is 536 g/mol. The molecule has 0 aliphatic carbocycles. The van der Waals surface area contributed by atoms with E-state index in [9.17, 15) is 35.7 Å². The van der Waals surface area contributed by atoms with Crippen LogP contribution in [0.4, 0.5) is 0 Å². The van der Waals surface area contributed by atoms with Gasteiger partial charge in [0, 0.05) is 16.8 Å². The fraction of sp³-hybridized carbons (Fsp3) is 0.538. The number of phenols is 1. The maximum absolute atomic E-state index is 10.5. The van der Waals surface area contributed by atoms with Crippen LogP contribution in [0.3, 0.4) is 0 Å². The van der Waals surface area contributed by atoms with Crippen LogP contribution in [-0.2, 0) is 14.2 Å². The highest BCUT2D eigenvalue weighted by Gasteiger charge is 2.47. The van der Waals surface area contributed by atoms with Gasteiger partial charge in [-0.3, -0.25) is 0 Å². The average Bonchev–Trinajstić information content (AvgIpc) is 3.30. The number of ether oxygens (including phenoxy) is 6. The Labute approximate surface area is 227 Å². The van der Waals surface area contributed by atoms with Crippen molar-refractivity contribution in [1.82, 2.24) is 0 Å². The van der Waals surface area contributed by atoms with Crippen molar-refractivity contribution in [2.75, 3.05) is 20.8 Å². The Morgan fingerprint density at radius 2 is 1.48 bits per heavy atom. The Morgan fingerprint density at radius 3 is 2.17 bits per heavy atom. The van der Waals surface area contributed by atoms with Gasteiger partial charge in [0.15, 0.2) is 17.6 Å². The number of rotatable bonds is 7. The molecule has 0 unspecified atom stereocenters. The summed E-state index contributed by atoms with van der Waals surface area (Å²) in [6.45, 7) is 1.07. The molecule has 14 heteroatoms. The molecule has 3 heterocycles. The fourth-order valence-corrected chi connectivity index (χ4v) is 4.87. The molecule has 2 fully saturated rings. The minimum absolute atomic E-state index is 0.0856. The maximum atomic E-state index is 10.5. The molecule has 40 heavy (non-hydrogen) atoms. The third kappa shape index (κ3) is 4.91. The predicted octanol–water partition coefficient (Wildman–Crippen LogP) is -0.661. The molecule has 7 N–H and O–H groups in total. The highest BCUT2D eigenvalue weighted by molar-refractivity contribution is 6.08. The molecule has 2 aliphatic rings. The zero-order valence-corrected chi connectivity index (χ0v) is 21.8. The summed E-state index contributed by atoms with van der Waals surface area (Å²) < 4.78 is 38.8. The monoisotopic (exact) mass is 568 g/mol. The Morgan fingerprint density at radius 1 is 0.775 bits per heavy atom. The van der Waals surface area contributed by atoms with Gasteiger partial charge in [-0.05, 0) is 25.1 Å². The summed E-state index contributed by atoms with van der Waals surface area (Å²) in [4.78, 5) is 0. The van der Waals surface area contributed by atoms with E-state index in [2.05, 4.69) is 0 Å². The molecular formula is C26H32O14. The molecule has 14 nitrogen and oxygen atoms in total. The second-order valence-electron chi connectivity index (χ2n) is 9.74. The lowest BCUT2D eigenvalue weighted by Gasteiger charge is -2.42. The molecule has 0 bridgehead atoms. The van der Waals surface area contributed by atoms with E-state index in [4.69, 9.17) is 32.8 Å². The quantitative estimate of drug-likeness (QED) is 0.189. The molecule has 1 aromatic heterocycles. The topological polar surface area (TPSA) is 210 Å². The van der Waals surface area contributed by atoms with Gasteiger partial charge in [-0.2, -0.15) is 0 Å². The first-order valence-electron chi connectivity index (χ1n) is 12.5. The normalized spacial score (nSPS) is 34.7. The number of hydrogen-bond acceptors (Lipinski definition) is 14. The number of methoxy groups -OCH3 is 2. The first kappa shape index (κ1) is 28.6. The van der Waals surface area contributed by atoms with Crippen molar-refractivity contribution in [2.45, 2.75) is 68.3 Å². The molecule has 220 valence electrons. The zero-order chi connectivity index (χ0) is 28.9. The van der Waals surface area contributed by atoms with Gasteiger partial charge in [-0.15, -0.1) is 0 Å². The summed E-state index contributed by atoms with van der Waals surface area (Å²) in [6, 6.07) is 6.36. The summed E-state index contributed by atoms with van der Waals surface area (Å²) in [6.07, 6.45) is -14.2. The number of benzene rings is 2. The van der Waals surface area contributed by atoms with Crippen molar-refractivity contribution >= 4 is 21.9 Å². The van der Waals surface area contributed by atoms with Gasteiger partial charge in [-0.1, -0.05) is 0 Å². The second-order valence-corrected chi connectivity index (χ2v) is 9.74. The summed E-state index contributed by atoms with van der Waals surface area (Å²) in [7, 11) is 2.79. The van der Waals surface area contributed by atoms with E-state index in [-0.39, 0.29) is 28.6 Å². The molecule has 2 aliphatic heterocycles. The van der Waals surface area contributed by atoms with Gasteiger partial charge in [-0.25, -0.2) is 0 Å². The summed E-state index contributed by atoms with van der Waals surface area (Å²) in [5.41, 5.74) is 0.624. The molecule has 2 aromatic carbocycles. The van der Waals surface area contributed by atoms with Crippen LogP contribution in [0.5, 0.6) is 23.0 Å². The Hall–Kier alpha value is -2.92. The zero-order valence-electron chi connectivity index (χ0n) is 21.8. The van der Waals surface area contributed by atoms with Crippen LogP contribution in [0.25, 0.3) is 21.9 Å². The highest BCUT2D eigenvalue weighted by atomic mass is 16.7. The predicted molar refractivity (Wildman–Crippen MR) is 134 cm³/mol. The van der Waals surface area contributed by atoms with Crippen LogP contribution in [0.15, 0.2) is 28.7 Å². The molecule has 3 aromatic rings. The largest absolute Gasteiger partial charge is 0.502 e. The number of aliphatic hydroxyl groups excluding tert-OH is 6. The van der Waals surface area contributed by atoms with Crippen molar-refractivity contribution in [1.29, 1.82) is 0 Å². The van der Waals surface area contributed by atoms with Crippen molar-refractivity contribution in [3.8, 4) is 23.0 Å². The average molecular weight is 569 g/mol. The maximum Gasteiger partial charge on any atom is 0.229 e. The van der Waals surface area contributed by atoms with Gasteiger partial charge in [0.2, 0.25) is 17.8 Å². The van der Waals surface area contributed by atoms with Crippen LogP contribution in [-0.4, -0.2) is 118 Å². The number of hydrogen-bond donors (Lipinski definition) is 7. The van der Waals surface area contributed by atoms with E-state index in [0.29, 0.717) is 16.4 Å². The lowest BCUT2D eigenvalue weighted by atomic mass is 9.98. The fourth-order valence-electron chi connectivity index (χ4n) is 4.87. The molecule has 0 radical (unpaired) electrons. The molecule has 0 saturated carbocycles. The van der Waals surface area contributed by atoms with E-state index in [0.717, 1.165) is 0 Å². The second kappa shape index (κ2) is 11.2. The number of fused-ring (bicyclic) bond motifs is 3. The molecule has 2 saturated heterocycles. The Kier molecular flexibility index (Phi) is 7.98. The van der Waals surface area contributed by atoms with Crippen molar-refractivity contribution < 1.29 is 68.6 Å². The molecule has 10 atom stereocenters. The van der Waals surface area contributed by atoms with E-state index in [1.54, 1.807) is 18.2 Å². The van der Waals surface area contributed by atoms with E-state index in [1.165, 1.54) is 27.2 Å².